The van der Waals surface area contributed by atoms with E-state index in [9.17, 15) is 4.39 Å². The molecule has 0 aliphatic carbocycles. The van der Waals surface area contributed by atoms with Crippen molar-refractivity contribution in [2.75, 3.05) is 36.0 Å². The molecule has 0 unspecified atom stereocenters. The van der Waals surface area contributed by atoms with Crippen LogP contribution in [0.2, 0.25) is 0 Å². The Labute approximate surface area is 151 Å². The van der Waals surface area contributed by atoms with Crippen LogP contribution in [0, 0.1) is 19.7 Å². The van der Waals surface area contributed by atoms with Crippen LogP contribution < -0.4 is 9.80 Å². The zero-order chi connectivity index (χ0) is 18.1. The van der Waals surface area contributed by atoms with Crippen LogP contribution in [-0.4, -0.2) is 51.1 Å². The first kappa shape index (κ1) is 16.4. The number of hydrogen-bond donors (Lipinski definition) is 0. The summed E-state index contributed by atoms with van der Waals surface area (Å²) in [6, 6.07) is 9.09. The van der Waals surface area contributed by atoms with Crippen LogP contribution in [0.3, 0.4) is 0 Å². The highest BCUT2D eigenvalue weighted by atomic mass is 19.1. The standard InChI is InChI=1S/C18H20FN7/c1-13-11-14(2)26(23-13)18-6-5-17(21-22-18)25-9-7-24(8-10-25)16-4-3-15(19)12-20-16/h3-6,11-12H,7-10H2,1-2H3. The number of piperazine rings is 1. The van der Waals surface area contributed by atoms with Crippen molar-refractivity contribution in [1.82, 2.24) is 25.0 Å². The van der Waals surface area contributed by atoms with E-state index in [1.165, 1.54) is 12.3 Å². The summed E-state index contributed by atoms with van der Waals surface area (Å²) in [4.78, 5) is 8.49. The van der Waals surface area contributed by atoms with E-state index in [4.69, 9.17) is 0 Å². The number of pyridine rings is 1. The van der Waals surface area contributed by atoms with E-state index in [-0.39, 0.29) is 5.82 Å². The Kier molecular flexibility index (Phi) is 4.24. The molecule has 3 aromatic heterocycles. The molecule has 0 N–H and O–H groups in total. The molecule has 0 amide bonds. The summed E-state index contributed by atoms with van der Waals surface area (Å²) < 4.78 is 14.8. The Morgan fingerprint density at radius 1 is 0.846 bits per heavy atom. The molecular weight excluding hydrogens is 333 g/mol. The van der Waals surface area contributed by atoms with Crippen molar-refractivity contribution in [2.24, 2.45) is 0 Å². The van der Waals surface area contributed by atoms with Crippen LogP contribution >= 0.6 is 0 Å². The van der Waals surface area contributed by atoms with Crippen molar-refractivity contribution in [1.29, 1.82) is 0 Å². The second-order valence-corrected chi connectivity index (χ2v) is 6.40. The van der Waals surface area contributed by atoms with Crippen LogP contribution in [0.1, 0.15) is 11.4 Å². The third-order valence-electron chi connectivity index (χ3n) is 4.50. The fourth-order valence-corrected chi connectivity index (χ4v) is 3.18. The fraction of sp³-hybridized carbons (Fsp3) is 0.333. The molecule has 1 aliphatic heterocycles. The highest BCUT2D eigenvalue weighted by Crippen LogP contribution is 2.18. The lowest BCUT2D eigenvalue weighted by atomic mass is 10.3. The number of aromatic nitrogens is 5. The molecule has 0 saturated carbocycles. The molecule has 8 heteroatoms. The minimum absolute atomic E-state index is 0.314. The topological polar surface area (TPSA) is 63.0 Å². The van der Waals surface area contributed by atoms with Crippen LogP contribution in [0.5, 0.6) is 0 Å². The molecule has 134 valence electrons. The van der Waals surface area contributed by atoms with Crippen LogP contribution in [0.4, 0.5) is 16.0 Å². The molecule has 0 atom stereocenters. The quantitative estimate of drug-likeness (QED) is 0.719. The number of aryl methyl sites for hydroxylation is 2. The molecule has 26 heavy (non-hydrogen) atoms. The van der Waals surface area contributed by atoms with Gasteiger partial charge in [0.15, 0.2) is 11.6 Å². The van der Waals surface area contributed by atoms with Crippen molar-refractivity contribution < 1.29 is 4.39 Å². The summed E-state index contributed by atoms with van der Waals surface area (Å²) in [6.45, 7) is 7.19. The number of nitrogens with zero attached hydrogens (tertiary/aromatic N) is 7. The maximum Gasteiger partial charge on any atom is 0.176 e. The van der Waals surface area contributed by atoms with E-state index in [1.54, 1.807) is 10.7 Å². The molecule has 0 radical (unpaired) electrons. The third kappa shape index (κ3) is 3.22. The van der Waals surface area contributed by atoms with Gasteiger partial charge in [-0.25, -0.2) is 14.1 Å². The molecule has 0 aromatic carbocycles. The molecule has 3 aromatic rings. The second-order valence-electron chi connectivity index (χ2n) is 6.40. The Morgan fingerprint density at radius 2 is 1.46 bits per heavy atom. The Balaban J connectivity index is 1.43. The number of halogens is 1. The van der Waals surface area contributed by atoms with Gasteiger partial charge >= 0.3 is 0 Å². The van der Waals surface area contributed by atoms with Crippen molar-refractivity contribution in [3.05, 3.63) is 53.7 Å². The van der Waals surface area contributed by atoms with E-state index < -0.39 is 0 Å². The minimum Gasteiger partial charge on any atom is -0.353 e. The smallest absolute Gasteiger partial charge is 0.176 e. The SMILES string of the molecule is Cc1cc(C)n(-c2ccc(N3CCN(c4ccc(F)cn4)CC3)nn2)n1. The Morgan fingerprint density at radius 3 is 2.00 bits per heavy atom. The fourth-order valence-electron chi connectivity index (χ4n) is 3.18. The lowest BCUT2D eigenvalue weighted by Gasteiger charge is -2.35. The second kappa shape index (κ2) is 6.70. The molecule has 7 nitrogen and oxygen atoms in total. The van der Waals surface area contributed by atoms with Crippen LogP contribution in [0.15, 0.2) is 36.5 Å². The number of hydrogen-bond acceptors (Lipinski definition) is 6. The highest BCUT2D eigenvalue weighted by molar-refractivity contribution is 5.45. The Bertz CT molecular complexity index is 881. The molecule has 1 aliphatic rings. The highest BCUT2D eigenvalue weighted by Gasteiger charge is 2.19. The average Bonchev–Trinajstić information content (AvgIpc) is 3.01. The molecular formula is C18H20FN7. The maximum atomic E-state index is 13.0. The average molecular weight is 353 g/mol. The van der Waals surface area contributed by atoms with Gasteiger partial charge in [-0.05, 0) is 44.2 Å². The van der Waals surface area contributed by atoms with E-state index in [1.807, 2.05) is 32.0 Å². The summed E-state index contributed by atoms with van der Waals surface area (Å²) in [5.74, 6) is 2.05. The summed E-state index contributed by atoms with van der Waals surface area (Å²) in [5, 5.41) is 13.1. The van der Waals surface area contributed by atoms with Crippen LogP contribution in [0.25, 0.3) is 5.82 Å². The summed E-state index contributed by atoms with van der Waals surface area (Å²) in [6.07, 6.45) is 1.25. The Hall–Kier alpha value is -3.03. The lowest BCUT2D eigenvalue weighted by molar-refractivity contribution is 0.613. The predicted molar refractivity (Wildman–Crippen MR) is 97.2 cm³/mol. The minimum atomic E-state index is -0.314. The van der Waals surface area contributed by atoms with E-state index in [2.05, 4.69) is 30.1 Å². The van der Waals surface area contributed by atoms with Gasteiger partial charge in [-0.3, -0.25) is 0 Å². The number of rotatable bonds is 3. The largest absolute Gasteiger partial charge is 0.353 e. The van der Waals surface area contributed by atoms with Crippen LogP contribution in [-0.2, 0) is 0 Å². The van der Waals surface area contributed by atoms with Crippen molar-refractivity contribution in [3.8, 4) is 5.82 Å². The third-order valence-corrected chi connectivity index (χ3v) is 4.50. The lowest BCUT2D eigenvalue weighted by Crippen LogP contribution is -2.47. The van der Waals surface area contributed by atoms with Gasteiger partial charge in [0.25, 0.3) is 0 Å². The zero-order valence-corrected chi connectivity index (χ0v) is 14.8. The van der Waals surface area contributed by atoms with Gasteiger partial charge in [0, 0.05) is 31.9 Å². The molecule has 4 rings (SSSR count). The normalized spacial score (nSPS) is 14.7. The van der Waals surface area contributed by atoms with Gasteiger partial charge in [-0.2, -0.15) is 5.10 Å². The van der Waals surface area contributed by atoms with Gasteiger partial charge < -0.3 is 9.80 Å². The predicted octanol–water partition coefficient (Wildman–Crippen LogP) is 2.14. The van der Waals surface area contributed by atoms with Gasteiger partial charge in [-0.15, -0.1) is 10.2 Å². The van der Waals surface area contributed by atoms with Crippen molar-refractivity contribution in [3.63, 3.8) is 0 Å². The molecule has 1 saturated heterocycles. The van der Waals surface area contributed by atoms with Gasteiger partial charge in [0.1, 0.15) is 11.6 Å². The molecule has 4 heterocycles. The van der Waals surface area contributed by atoms with E-state index >= 15 is 0 Å². The summed E-state index contributed by atoms with van der Waals surface area (Å²) in [5.41, 5.74) is 1.99. The first-order valence-corrected chi connectivity index (χ1v) is 8.59. The molecule has 1 fully saturated rings. The zero-order valence-electron chi connectivity index (χ0n) is 14.8. The van der Waals surface area contributed by atoms with Gasteiger partial charge in [-0.1, -0.05) is 0 Å². The van der Waals surface area contributed by atoms with E-state index in [0.717, 1.165) is 49.2 Å². The monoisotopic (exact) mass is 353 g/mol. The first-order valence-electron chi connectivity index (χ1n) is 8.59. The number of anilines is 2. The summed E-state index contributed by atoms with van der Waals surface area (Å²) >= 11 is 0. The molecule has 0 spiro atoms. The van der Waals surface area contributed by atoms with Crippen molar-refractivity contribution >= 4 is 11.6 Å². The van der Waals surface area contributed by atoms with Crippen molar-refractivity contribution in [2.45, 2.75) is 13.8 Å². The first-order chi connectivity index (χ1) is 12.6. The van der Waals surface area contributed by atoms with E-state index in [0.29, 0.717) is 5.82 Å². The maximum absolute atomic E-state index is 13.0. The van der Waals surface area contributed by atoms with Gasteiger partial charge in [0.2, 0.25) is 0 Å². The molecule has 0 bridgehead atoms. The summed E-state index contributed by atoms with van der Waals surface area (Å²) in [7, 11) is 0. The van der Waals surface area contributed by atoms with Gasteiger partial charge in [0.05, 0.1) is 11.9 Å².